The molecule has 1 atom stereocenters. The molecule has 0 spiro atoms. The van der Waals surface area contributed by atoms with E-state index in [0.717, 1.165) is 6.42 Å². The van der Waals surface area contributed by atoms with Crippen molar-refractivity contribution in [2.45, 2.75) is 215 Å². The number of ketones is 1. The van der Waals surface area contributed by atoms with Gasteiger partial charge in [0, 0.05) is 64.1 Å². The number of amides is 1. The van der Waals surface area contributed by atoms with Gasteiger partial charge in [-0.3, -0.25) is 9.59 Å². The molecule has 0 bridgehead atoms. The van der Waals surface area contributed by atoms with E-state index in [9.17, 15) is 9.59 Å². The first kappa shape index (κ1) is 121. The van der Waals surface area contributed by atoms with Crippen LogP contribution >= 0.6 is 0 Å². The summed E-state index contributed by atoms with van der Waals surface area (Å²) in [6, 6.07) is 0. The summed E-state index contributed by atoms with van der Waals surface area (Å²) in [7, 11) is 3.16. The van der Waals surface area contributed by atoms with Gasteiger partial charge in [-0.1, -0.05) is 201 Å². The molecule has 0 saturated heterocycles. The molecule has 0 aromatic carbocycles. The van der Waals surface area contributed by atoms with Gasteiger partial charge >= 0.3 is 0 Å². The van der Waals surface area contributed by atoms with Gasteiger partial charge in [0.25, 0.3) is 0 Å². The van der Waals surface area contributed by atoms with Gasteiger partial charge in [-0.15, -0.1) is 0 Å². The average Bonchev–Trinajstić information content (AvgIpc) is 3.12. The molecule has 43 heavy (non-hydrogen) atoms. The Kier molecular flexibility index (Phi) is 1120. The van der Waals surface area contributed by atoms with Crippen LogP contribution in [0.2, 0.25) is 0 Å². The maximum absolute atomic E-state index is 10.6. The van der Waals surface area contributed by atoms with E-state index in [1.807, 2.05) is 194 Å². The third-order valence-corrected chi connectivity index (χ3v) is 1.65. The molecule has 5 heteroatoms. The van der Waals surface area contributed by atoms with E-state index in [-0.39, 0.29) is 83.1 Å². The standard InChI is InChI=1S/C6H13NO.C4H8O2.13C2H6.CH4.CH3.Ac/c1-4-5(2)6(8)7-3;1-4(5)3-6-2;13*1-2;;;/h5H,4H2,1-3H3,(H,7,8);3H2,1-2H3;13*1-2H3;1H4;1H3;/q;;;;;;;;;;;;;;;;-1;. The molecule has 1 radical (unpaired) electrons. The summed E-state index contributed by atoms with van der Waals surface area (Å²) in [5.74, 6) is 0.366. The maximum Gasteiger partial charge on any atom is 0.222 e. The van der Waals surface area contributed by atoms with Crippen molar-refractivity contribution in [1.29, 1.82) is 0 Å². The van der Waals surface area contributed by atoms with Crippen molar-refractivity contribution in [1.82, 2.24) is 5.32 Å². The van der Waals surface area contributed by atoms with Crippen molar-refractivity contribution in [3.63, 3.8) is 0 Å². The monoisotopic (exact) mass is 852 g/mol. The molecule has 285 valence electrons. The molecule has 0 aromatic rings. The van der Waals surface area contributed by atoms with Crippen LogP contribution in [-0.2, 0) is 14.3 Å². The van der Waals surface area contributed by atoms with E-state index in [1.54, 1.807) is 7.05 Å². The van der Waals surface area contributed by atoms with Crippen molar-refractivity contribution in [2.24, 2.45) is 5.92 Å². The zero-order valence-corrected chi connectivity index (χ0v) is 42.0. The molecule has 0 fully saturated rings. The molecule has 1 amide bonds. The Morgan fingerprint density at radius 3 is 0.744 bits per heavy atom. The van der Waals surface area contributed by atoms with E-state index in [1.165, 1.54) is 14.0 Å². The third-order valence-electron chi connectivity index (χ3n) is 1.65. The van der Waals surface area contributed by atoms with Crippen LogP contribution in [0.15, 0.2) is 0 Å². The summed E-state index contributed by atoms with van der Waals surface area (Å²) >= 11 is 0. The number of rotatable bonds is 4. The Morgan fingerprint density at radius 1 is 0.558 bits per heavy atom. The van der Waals surface area contributed by atoms with Gasteiger partial charge in [-0.25, -0.2) is 0 Å². The van der Waals surface area contributed by atoms with E-state index in [0.29, 0.717) is 0 Å². The van der Waals surface area contributed by atoms with E-state index in [2.05, 4.69) is 10.1 Å². The number of methoxy groups -OCH3 is 1. The van der Waals surface area contributed by atoms with Gasteiger partial charge in [0.2, 0.25) is 5.91 Å². The van der Waals surface area contributed by atoms with Gasteiger partial charge in [0.1, 0.15) is 6.61 Å². The second-order valence-electron chi connectivity index (χ2n) is 3.06. The minimum absolute atomic E-state index is 0. The van der Waals surface area contributed by atoms with Crippen LogP contribution in [0.5, 0.6) is 0 Å². The molecule has 1 unspecified atom stereocenters. The van der Waals surface area contributed by atoms with Crippen LogP contribution in [0, 0.1) is 57.4 Å². The number of carbonyl (C=O) groups is 2. The molecule has 1 N–H and O–H groups in total. The Labute approximate surface area is 321 Å². The molecule has 0 aromatic heterocycles. The van der Waals surface area contributed by atoms with Crippen LogP contribution < -0.4 is 5.32 Å². The van der Waals surface area contributed by atoms with Crippen molar-refractivity contribution in [2.75, 3.05) is 20.8 Å². The molecular formula is C38H106AcNO3-. The maximum atomic E-state index is 10.6. The summed E-state index contributed by atoms with van der Waals surface area (Å²) < 4.78 is 4.45. The van der Waals surface area contributed by atoms with Crippen molar-refractivity contribution >= 4 is 11.7 Å². The summed E-state index contributed by atoms with van der Waals surface area (Å²) in [5.41, 5.74) is 0. The van der Waals surface area contributed by atoms with Gasteiger partial charge in [-0.05, 0) is 13.3 Å². The van der Waals surface area contributed by atoms with E-state index >= 15 is 0 Å². The Balaban J connectivity index is -0.0000000102. The second kappa shape index (κ2) is 400. The average molecular weight is 852 g/mol. The van der Waals surface area contributed by atoms with Crippen molar-refractivity contribution in [3.05, 3.63) is 7.43 Å². The molecule has 4 nitrogen and oxygen atoms in total. The smallest absolute Gasteiger partial charge is 0.222 e. The number of carbonyl (C=O) groups excluding carboxylic acids is 2. The van der Waals surface area contributed by atoms with Gasteiger partial charge in [0.15, 0.2) is 5.78 Å². The van der Waals surface area contributed by atoms with Crippen LogP contribution in [-0.4, -0.2) is 32.5 Å². The Morgan fingerprint density at radius 2 is 0.721 bits per heavy atom. The SMILES string of the molecule is C.CC.CC.CC.CC.CC.CC.CC.CC.CC.CC.CC.CC.CC.CCC(C)C(=O)NC.COCC(C)=O.[Ac].[CH3-]. The minimum atomic E-state index is 0. The number of hydrogen-bond acceptors (Lipinski definition) is 3. The largest absolute Gasteiger partial charge is 0.377 e. The molecule has 0 rings (SSSR count). The number of Topliss-reactive ketones (excluding diaryl/α,β-unsaturated/α-hetero) is 1. The predicted molar refractivity (Wildman–Crippen MR) is 217 cm³/mol. The first-order valence-electron chi connectivity index (χ1n) is 17.7. The van der Waals surface area contributed by atoms with Crippen molar-refractivity contribution in [3.8, 4) is 0 Å². The number of ether oxygens (including phenoxy) is 1. The summed E-state index contributed by atoms with van der Waals surface area (Å²) in [6.45, 7) is 57.6. The Hall–Kier alpha value is 0.542. The molecular weight excluding hydrogens is 745 g/mol. The molecule has 0 aliphatic carbocycles. The molecule has 0 heterocycles. The quantitative estimate of drug-likeness (QED) is 0.287. The summed E-state index contributed by atoms with van der Waals surface area (Å²) in [6.07, 6.45) is 0.916. The minimum Gasteiger partial charge on any atom is -0.377 e. The van der Waals surface area contributed by atoms with E-state index < -0.39 is 0 Å². The fourth-order valence-electron chi connectivity index (χ4n) is 0.635. The summed E-state index contributed by atoms with van der Waals surface area (Å²) in [4.78, 5) is 20.6. The van der Waals surface area contributed by atoms with Gasteiger partial charge in [0.05, 0.1) is 0 Å². The normalized spacial score (nSPS) is 5.37. The third kappa shape index (κ3) is 525. The number of nitrogens with one attached hydrogen (secondary N) is 1. The fraction of sp³-hybridized carbons (Fsp3) is 0.921. The molecule has 0 aliphatic heterocycles. The van der Waals surface area contributed by atoms with Crippen LogP contribution in [0.25, 0.3) is 0 Å². The van der Waals surface area contributed by atoms with Crippen LogP contribution in [0.4, 0.5) is 0 Å². The van der Waals surface area contributed by atoms with Crippen molar-refractivity contribution < 1.29 is 58.4 Å². The zero-order chi connectivity index (χ0) is 37.6. The first-order chi connectivity index (χ1) is 19.5. The first-order valence-corrected chi connectivity index (χ1v) is 17.7. The van der Waals surface area contributed by atoms with Gasteiger partial charge in [-0.2, -0.15) is 0 Å². The van der Waals surface area contributed by atoms with Gasteiger partial charge < -0.3 is 17.5 Å². The summed E-state index contributed by atoms with van der Waals surface area (Å²) in [5, 5.41) is 2.58. The van der Waals surface area contributed by atoms with Crippen LogP contribution in [0.1, 0.15) is 215 Å². The molecule has 0 aliphatic rings. The molecule has 0 saturated carbocycles. The van der Waals surface area contributed by atoms with Crippen LogP contribution in [0.3, 0.4) is 0 Å². The Bertz CT molecular complexity index is 183. The second-order valence-corrected chi connectivity index (χ2v) is 3.06. The number of hydrogen-bond donors (Lipinski definition) is 1. The topological polar surface area (TPSA) is 55.4 Å². The fourth-order valence-corrected chi connectivity index (χ4v) is 0.635. The van der Waals surface area contributed by atoms with E-state index in [4.69, 9.17) is 0 Å². The zero-order valence-electron chi connectivity index (χ0n) is 37.3. The predicted octanol–water partition coefficient (Wildman–Crippen LogP) is 15.4.